The molecule has 1 spiro atoms. The first-order chi connectivity index (χ1) is 54.8. The Morgan fingerprint density at radius 2 is 0.685 bits per heavy atom. The van der Waals surface area contributed by atoms with Gasteiger partial charge in [0.2, 0.25) is 0 Å². The lowest BCUT2D eigenvalue weighted by Crippen LogP contribution is -2.64. The lowest BCUT2D eigenvalue weighted by molar-refractivity contribution is 0.668. The first-order valence-electron chi connectivity index (χ1n) is 38.4. The number of fused-ring (bicyclic) bond motifs is 20. The van der Waals surface area contributed by atoms with Crippen LogP contribution in [0.25, 0.3) is 121 Å². The van der Waals surface area contributed by atoms with Crippen LogP contribution in [0.3, 0.4) is 0 Å². The van der Waals surface area contributed by atoms with Gasteiger partial charge in [-0.05, 0) is 212 Å². The molecule has 22 rings (SSSR count). The molecular formula is C105H71N2O2Si2. The highest BCUT2D eigenvalue weighted by molar-refractivity contribution is 7.10. The Bertz CT molecular complexity index is 7080. The van der Waals surface area contributed by atoms with Crippen molar-refractivity contribution in [3.8, 4) is 44.5 Å². The molecule has 2 aromatic heterocycles. The first kappa shape index (κ1) is 64.5. The highest BCUT2D eigenvalue weighted by atomic mass is 28.3. The van der Waals surface area contributed by atoms with Crippen molar-refractivity contribution >= 4 is 153 Å². The molecule has 0 unspecified atom stereocenters. The van der Waals surface area contributed by atoms with Gasteiger partial charge in [-0.2, -0.15) is 0 Å². The van der Waals surface area contributed by atoms with Crippen molar-refractivity contribution in [2.45, 2.75) is 18.5 Å². The number of furan rings is 2. The second-order valence-corrected chi connectivity index (χ2v) is 36.6. The normalized spacial score (nSPS) is 12.7. The maximum absolute atomic E-state index is 6.86. The molecule has 2 aliphatic carbocycles. The molecule has 0 aliphatic heterocycles. The van der Waals surface area contributed by atoms with Crippen LogP contribution in [0.5, 0.6) is 0 Å². The van der Waals surface area contributed by atoms with Crippen molar-refractivity contribution in [3.05, 3.63) is 417 Å². The number of rotatable bonds is 13. The summed E-state index contributed by atoms with van der Waals surface area (Å²) in [6.45, 7) is 4.89. The van der Waals surface area contributed by atoms with E-state index in [1.165, 1.54) is 108 Å². The maximum atomic E-state index is 6.86. The monoisotopic (exact) mass is 1450 g/mol. The van der Waals surface area contributed by atoms with Crippen LogP contribution in [0.1, 0.15) is 22.3 Å². The molecule has 0 atom stereocenters. The summed E-state index contributed by atoms with van der Waals surface area (Å²) in [5, 5.41) is 18.2. The number of hydrogen-bond acceptors (Lipinski definition) is 4. The SMILES string of the molecule is C[Si](c1ccccc1)c1cccc(-c2ccc3oc4ccc(N(c5ccc6ccccc6c5)c5cc6c(c7ccccc57)-c5ccc(N(c7ccc8ccccc8c7)c7ccc8oc9ccc(-c%10cccc([Si](C)(c%11ccccc%11)c%11ccccc%11)c%10)cc9c8c7)cc5C65c6ccccc6-c6ccccc65)cc4c3c2)c1. The van der Waals surface area contributed by atoms with Crippen LogP contribution in [0.4, 0.5) is 34.1 Å². The van der Waals surface area contributed by atoms with E-state index in [1.54, 1.807) is 0 Å². The fourth-order valence-electron chi connectivity index (χ4n) is 18.8. The molecule has 111 heavy (non-hydrogen) atoms. The molecule has 2 heterocycles. The van der Waals surface area contributed by atoms with Gasteiger partial charge in [0.05, 0.1) is 11.1 Å². The predicted octanol–water partition coefficient (Wildman–Crippen LogP) is 24.9. The lowest BCUT2D eigenvalue weighted by atomic mass is 9.70. The van der Waals surface area contributed by atoms with E-state index >= 15 is 0 Å². The summed E-state index contributed by atoms with van der Waals surface area (Å²) in [5.41, 5.74) is 23.6. The Labute approximate surface area is 646 Å². The van der Waals surface area contributed by atoms with E-state index in [1.807, 2.05) is 0 Å². The molecule has 18 aromatic carbocycles. The van der Waals surface area contributed by atoms with Gasteiger partial charge in [-0.1, -0.05) is 315 Å². The Kier molecular flexibility index (Phi) is 14.8. The average molecular weight is 1450 g/mol. The predicted molar refractivity (Wildman–Crippen MR) is 471 cm³/mol. The van der Waals surface area contributed by atoms with Crippen molar-refractivity contribution in [2.75, 3.05) is 9.80 Å². The van der Waals surface area contributed by atoms with E-state index in [0.29, 0.717) is 0 Å². The lowest BCUT2D eigenvalue weighted by Gasteiger charge is -2.34. The standard InChI is InChI=1S/C105H71N2O2Si2/c1-110(81-30-6-3-7-31-81)82-32-22-28-72(60-82)74-46-54-100-91(62-74)94-65-79(52-57-103(94)109-100)107(77-49-45-69-25-13-15-27-71(69)59-77)99-67-98-104(89-41-17-16-40-88(89)99)90-53-50-80(66-97(90)105(98)95-42-20-18-38-86(95)87-39-19-21-43-96(87)105)106(76-48-44-68-24-12-14-26-70(68)58-76)78-51-56-102-93(64-78)92-63-75(47-55-101(92)108-102)73-29-23-37-85(61-73)111(2,83-33-8-4-9-34-83)84-35-10-5-11-36-84/h3-67H,1-2H3. The van der Waals surface area contributed by atoms with Crippen LogP contribution in [0.2, 0.25) is 13.1 Å². The third-order valence-electron chi connectivity index (χ3n) is 24.3. The Balaban J connectivity index is 0.732. The second-order valence-electron chi connectivity index (χ2n) is 30.2. The molecule has 4 nitrogen and oxygen atoms in total. The second kappa shape index (κ2) is 25.5. The highest BCUT2D eigenvalue weighted by Crippen LogP contribution is 2.66. The Morgan fingerprint density at radius 1 is 0.261 bits per heavy atom. The van der Waals surface area contributed by atoms with Crippen LogP contribution in [0, 0.1) is 0 Å². The maximum Gasteiger partial charge on any atom is 0.145 e. The molecule has 0 bridgehead atoms. The minimum absolute atomic E-state index is 0.767. The van der Waals surface area contributed by atoms with Gasteiger partial charge in [-0.3, -0.25) is 0 Å². The van der Waals surface area contributed by atoms with Gasteiger partial charge in [-0.25, -0.2) is 0 Å². The molecule has 0 N–H and O–H groups in total. The highest BCUT2D eigenvalue weighted by Gasteiger charge is 2.53. The summed E-state index contributed by atoms with van der Waals surface area (Å²) in [6.07, 6.45) is 0. The summed E-state index contributed by atoms with van der Waals surface area (Å²) < 4.78 is 13.7. The van der Waals surface area contributed by atoms with Crippen molar-refractivity contribution in [3.63, 3.8) is 0 Å². The zero-order valence-electron chi connectivity index (χ0n) is 61.2. The van der Waals surface area contributed by atoms with E-state index in [-0.39, 0.29) is 0 Å². The summed E-state index contributed by atoms with van der Waals surface area (Å²) in [7, 11) is -3.39. The zero-order valence-corrected chi connectivity index (χ0v) is 63.2. The van der Waals surface area contributed by atoms with Gasteiger partial charge < -0.3 is 18.6 Å². The van der Waals surface area contributed by atoms with E-state index < -0.39 is 22.3 Å². The largest absolute Gasteiger partial charge is 0.456 e. The molecule has 0 fully saturated rings. The smallest absolute Gasteiger partial charge is 0.145 e. The van der Waals surface area contributed by atoms with Crippen molar-refractivity contribution in [1.29, 1.82) is 0 Å². The molecule has 521 valence electrons. The number of hydrogen-bond donors (Lipinski definition) is 0. The van der Waals surface area contributed by atoms with Crippen molar-refractivity contribution in [2.24, 2.45) is 0 Å². The molecule has 2 aliphatic rings. The van der Waals surface area contributed by atoms with Crippen LogP contribution >= 0.6 is 0 Å². The van der Waals surface area contributed by atoms with Gasteiger partial charge in [0.25, 0.3) is 0 Å². The van der Waals surface area contributed by atoms with Crippen molar-refractivity contribution < 1.29 is 8.83 Å². The van der Waals surface area contributed by atoms with Gasteiger partial charge in [0, 0.05) is 55.4 Å². The fraction of sp³-hybridized carbons (Fsp3) is 0.0286. The summed E-state index contributed by atoms with van der Waals surface area (Å²) >= 11 is 0. The number of nitrogens with zero attached hydrogens (tertiary/aromatic N) is 2. The van der Waals surface area contributed by atoms with Crippen LogP contribution in [-0.2, 0) is 5.41 Å². The number of benzene rings is 18. The Morgan fingerprint density at radius 3 is 1.29 bits per heavy atom. The molecule has 6 heteroatoms. The molecule has 1 radical (unpaired) electrons. The summed E-state index contributed by atoms with van der Waals surface area (Å²) in [4.78, 5) is 5.00. The van der Waals surface area contributed by atoms with Crippen LogP contribution in [0.15, 0.2) is 403 Å². The molecule has 0 saturated carbocycles. The minimum atomic E-state index is -2.41. The van der Waals surface area contributed by atoms with Crippen LogP contribution in [-0.4, -0.2) is 16.9 Å². The molecule has 0 saturated heterocycles. The van der Waals surface area contributed by atoms with E-state index in [4.69, 9.17) is 8.83 Å². The third kappa shape index (κ3) is 10.2. The Hall–Kier alpha value is -13.6. The van der Waals surface area contributed by atoms with E-state index in [0.717, 1.165) is 94.5 Å². The van der Waals surface area contributed by atoms with Gasteiger partial charge in [0.1, 0.15) is 39.2 Å². The quantitative estimate of drug-likeness (QED) is 0.0851. The van der Waals surface area contributed by atoms with E-state index in [2.05, 4.69) is 417 Å². The minimum Gasteiger partial charge on any atom is -0.456 e. The van der Waals surface area contributed by atoms with Gasteiger partial charge in [0.15, 0.2) is 0 Å². The third-order valence-corrected chi connectivity index (χ3v) is 31.1. The topological polar surface area (TPSA) is 32.8 Å². The number of anilines is 6. The summed E-state index contributed by atoms with van der Waals surface area (Å²) in [6, 6.07) is 148. The average Bonchev–Trinajstić information content (AvgIpc) is 1.50. The molecule has 0 amide bonds. The molecular weight excluding hydrogens is 1380 g/mol. The van der Waals surface area contributed by atoms with Crippen molar-refractivity contribution in [1.82, 2.24) is 0 Å². The van der Waals surface area contributed by atoms with Gasteiger partial charge in [-0.15, -0.1) is 0 Å². The van der Waals surface area contributed by atoms with Gasteiger partial charge >= 0.3 is 0 Å². The van der Waals surface area contributed by atoms with Crippen LogP contribution < -0.4 is 35.7 Å². The zero-order chi connectivity index (χ0) is 73.5. The molecule has 20 aromatic rings. The first-order valence-corrected chi connectivity index (χ1v) is 42.9. The van der Waals surface area contributed by atoms with E-state index in [9.17, 15) is 0 Å². The summed E-state index contributed by atoms with van der Waals surface area (Å²) in [5.74, 6) is 0. The fourth-order valence-corrected chi connectivity index (χ4v) is 24.1.